The lowest BCUT2D eigenvalue weighted by molar-refractivity contribution is -0.384. The molecule has 0 unspecified atom stereocenters. The van der Waals surface area contributed by atoms with Gasteiger partial charge in [-0.15, -0.1) is 0 Å². The number of nitrogens with one attached hydrogen (secondary N) is 1. The van der Waals surface area contributed by atoms with Crippen molar-refractivity contribution in [3.05, 3.63) is 39.9 Å². The lowest BCUT2D eigenvalue weighted by atomic mass is 10.1. The summed E-state index contributed by atoms with van der Waals surface area (Å²) in [7, 11) is 0. The summed E-state index contributed by atoms with van der Waals surface area (Å²) in [6, 6.07) is 5.90. The zero-order valence-corrected chi connectivity index (χ0v) is 16.2. The van der Waals surface area contributed by atoms with Crippen LogP contribution in [-0.2, 0) is 16.1 Å². The molecule has 1 rings (SSSR count). The van der Waals surface area contributed by atoms with Crippen LogP contribution >= 0.6 is 0 Å². The summed E-state index contributed by atoms with van der Waals surface area (Å²) in [5.74, 6) is -0.719. The maximum atomic E-state index is 11.6. The molecule has 1 amide bonds. The molecule has 2 N–H and O–H groups in total. The molecule has 8 nitrogen and oxygen atoms in total. The van der Waals surface area contributed by atoms with E-state index in [4.69, 9.17) is 9.84 Å². The Bertz CT molecular complexity index is 603. The fourth-order valence-electron chi connectivity index (χ4n) is 2.74. The van der Waals surface area contributed by atoms with Gasteiger partial charge < -0.3 is 15.2 Å². The summed E-state index contributed by atoms with van der Waals surface area (Å²) in [6.45, 7) is 0.643. The third-order valence-electron chi connectivity index (χ3n) is 4.35. The summed E-state index contributed by atoms with van der Waals surface area (Å²) in [4.78, 5) is 32.1. The van der Waals surface area contributed by atoms with Crippen LogP contribution in [0.5, 0.6) is 0 Å². The molecule has 0 aliphatic heterocycles. The van der Waals surface area contributed by atoms with Gasteiger partial charge in [-0.2, -0.15) is 0 Å². The first-order chi connectivity index (χ1) is 13.5. The number of nitro benzene ring substituents is 1. The molecule has 0 saturated carbocycles. The molecule has 0 aromatic heterocycles. The molecule has 0 aliphatic rings. The first kappa shape index (κ1) is 23.4. The molecule has 0 spiro atoms. The monoisotopic (exact) mass is 394 g/mol. The number of carbonyl (C=O) groups is 2. The quantitative estimate of drug-likeness (QED) is 0.250. The Labute approximate surface area is 165 Å². The topological polar surface area (TPSA) is 119 Å². The van der Waals surface area contributed by atoms with Gasteiger partial charge >= 0.3 is 12.1 Å². The van der Waals surface area contributed by atoms with Crippen molar-refractivity contribution in [1.82, 2.24) is 5.32 Å². The van der Waals surface area contributed by atoms with Crippen LogP contribution in [0.4, 0.5) is 10.5 Å². The van der Waals surface area contributed by atoms with E-state index >= 15 is 0 Å². The van der Waals surface area contributed by atoms with Crippen LogP contribution in [0, 0.1) is 10.1 Å². The number of nitrogens with zero attached hydrogens (tertiary/aromatic N) is 1. The van der Waals surface area contributed by atoms with Gasteiger partial charge in [0.05, 0.1) is 4.92 Å². The number of ether oxygens (including phenoxy) is 1. The fourth-order valence-corrected chi connectivity index (χ4v) is 2.74. The standard InChI is InChI=1S/C20H30N2O6/c23-19(24)10-8-6-4-2-1-3-5-7-9-15-21-20(25)28-16-17-11-13-18(14-12-17)22(26)27/h11-14H,1-10,15-16H2,(H,21,25)(H,23,24). The number of nitro groups is 1. The minimum absolute atomic E-state index is 0.00591. The number of rotatable bonds is 15. The molecule has 1 aromatic rings. The van der Waals surface area contributed by atoms with Gasteiger partial charge in [0, 0.05) is 25.1 Å². The second-order valence-electron chi connectivity index (χ2n) is 6.75. The van der Waals surface area contributed by atoms with Crippen LogP contribution in [0.1, 0.15) is 69.8 Å². The number of carboxylic acids is 1. The van der Waals surface area contributed by atoms with E-state index in [2.05, 4.69) is 5.32 Å². The van der Waals surface area contributed by atoms with Crippen LogP contribution in [0.15, 0.2) is 24.3 Å². The number of benzene rings is 1. The molecule has 8 heteroatoms. The Hall–Kier alpha value is -2.64. The van der Waals surface area contributed by atoms with Crippen molar-refractivity contribution >= 4 is 17.7 Å². The Kier molecular flexibility index (Phi) is 12.1. The van der Waals surface area contributed by atoms with Crippen molar-refractivity contribution in [1.29, 1.82) is 0 Å². The predicted octanol–water partition coefficient (Wildman–Crippen LogP) is 4.81. The fraction of sp³-hybridized carbons (Fsp3) is 0.600. The van der Waals surface area contributed by atoms with Crippen molar-refractivity contribution in [2.24, 2.45) is 0 Å². The molecule has 0 atom stereocenters. The molecule has 1 aromatic carbocycles. The van der Waals surface area contributed by atoms with Crippen molar-refractivity contribution in [2.45, 2.75) is 70.8 Å². The SMILES string of the molecule is O=C(O)CCCCCCCCCCCNC(=O)OCc1ccc([N+](=O)[O-])cc1. The number of unbranched alkanes of at least 4 members (excludes halogenated alkanes) is 8. The summed E-state index contributed by atoms with van der Waals surface area (Å²) >= 11 is 0. The highest BCUT2D eigenvalue weighted by Gasteiger charge is 2.06. The zero-order valence-electron chi connectivity index (χ0n) is 16.2. The molecule has 0 saturated heterocycles. The highest BCUT2D eigenvalue weighted by molar-refractivity contribution is 5.67. The Balaban J connectivity index is 1.92. The van der Waals surface area contributed by atoms with Gasteiger partial charge in [0.1, 0.15) is 6.61 Å². The lowest BCUT2D eigenvalue weighted by Gasteiger charge is -2.07. The summed E-state index contributed by atoms with van der Waals surface area (Å²) in [6.07, 6.45) is 9.15. The molecule has 0 fully saturated rings. The van der Waals surface area contributed by atoms with Crippen molar-refractivity contribution in [3.63, 3.8) is 0 Å². The van der Waals surface area contributed by atoms with Gasteiger partial charge in [-0.1, -0.05) is 44.9 Å². The zero-order chi connectivity index (χ0) is 20.6. The minimum atomic E-state index is -0.719. The number of amides is 1. The lowest BCUT2D eigenvalue weighted by Crippen LogP contribution is -2.25. The van der Waals surface area contributed by atoms with Crippen molar-refractivity contribution in [2.75, 3.05) is 6.54 Å². The number of hydrogen-bond donors (Lipinski definition) is 2. The largest absolute Gasteiger partial charge is 0.481 e. The van der Waals surface area contributed by atoms with E-state index in [1.807, 2.05) is 0 Å². The summed E-state index contributed by atoms with van der Waals surface area (Å²) < 4.78 is 5.08. The van der Waals surface area contributed by atoms with E-state index in [0.717, 1.165) is 57.8 Å². The van der Waals surface area contributed by atoms with E-state index < -0.39 is 17.0 Å². The third-order valence-corrected chi connectivity index (χ3v) is 4.35. The smallest absolute Gasteiger partial charge is 0.407 e. The van der Waals surface area contributed by atoms with E-state index in [0.29, 0.717) is 12.1 Å². The molecule has 0 radical (unpaired) electrons. The van der Waals surface area contributed by atoms with Gasteiger partial charge in [-0.3, -0.25) is 14.9 Å². The Morgan fingerprint density at radius 3 is 2.00 bits per heavy atom. The number of hydrogen-bond acceptors (Lipinski definition) is 5. The van der Waals surface area contributed by atoms with Crippen LogP contribution in [0.25, 0.3) is 0 Å². The van der Waals surface area contributed by atoms with Crippen LogP contribution < -0.4 is 5.32 Å². The second-order valence-corrected chi connectivity index (χ2v) is 6.75. The molecule has 156 valence electrons. The number of carboxylic acid groups (broad SMARTS) is 1. The molecular weight excluding hydrogens is 364 g/mol. The Morgan fingerprint density at radius 1 is 0.929 bits per heavy atom. The first-order valence-corrected chi connectivity index (χ1v) is 9.85. The van der Waals surface area contributed by atoms with Gasteiger partial charge in [0.2, 0.25) is 0 Å². The average molecular weight is 394 g/mol. The van der Waals surface area contributed by atoms with Crippen molar-refractivity contribution < 1.29 is 24.4 Å². The second kappa shape index (κ2) is 14.4. The third kappa shape index (κ3) is 11.9. The highest BCUT2D eigenvalue weighted by Crippen LogP contribution is 2.13. The molecule has 0 aliphatic carbocycles. The number of non-ortho nitro benzene ring substituents is 1. The van der Waals surface area contributed by atoms with Crippen LogP contribution in [0.2, 0.25) is 0 Å². The Morgan fingerprint density at radius 2 is 1.46 bits per heavy atom. The molecule has 0 bridgehead atoms. The maximum absolute atomic E-state index is 11.6. The van der Waals surface area contributed by atoms with E-state index in [1.165, 1.54) is 12.1 Å². The van der Waals surface area contributed by atoms with E-state index in [-0.39, 0.29) is 18.7 Å². The van der Waals surface area contributed by atoms with E-state index in [1.54, 1.807) is 12.1 Å². The van der Waals surface area contributed by atoms with Gasteiger partial charge in [-0.25, -0.2) is 4.79 Å². The van der Waals surface area contributed by atoms with Gasteiger partial charge in [0.25, 0.3) is 5.69 Å². The summed E-state index contributed by atoms with van der Waals surface area (Å²) in [5, 5.41) is 21.8. The number of carbonyl (C=O) groups excluding carboxylic acids is 1. The minimum Gasteiger partial charge on any atom is -0.481 e. The van der Waals surface area contributed by atoms with Gasteiger partial charge in [-0.05, 0) is 30.5 Å². The summed E-state index contributed by atoms with van der Waals surface area (Å²) in [5.41, 5.74) is 0.704. The van der Waals surface area contributed by atoms with E-state index in [9.17, 15) is 19.7 Å². The van der Waals surface area contributed by atoms with Crippen LogP contribution in [0.3, 0.4) is 0 Å². The predicted molar refractivity (Wildman–Crippen MR) is 105 cm³/mol. The first-order valence-electron chi connectivity index (χ1n) is 9.85. The molecule has 0 heterocycles. The molecular formula is C20H30N2O6. The maximum Gasteiger partial charge on any atom is 0.407 e. The normalized spacial score (nSPS) is 10.4. The number of aliphatic carboxylic acids is 1. The number of alkyl carbamates (subject to hydrolysis) is 1. The highest BCUT2D eigenvalue weighted by atomic mass is 16.6. The van der Waals surface area contributed by atoms with Crippen LogP contribution in [-0.4, -0.2) is 28.6 Å². The van der Waals surface area contributed by atoms with Crippen molar-refractivity contribution in [3.8, 4) is 0 Å². The molecule has 28 heavy (non-hydrogen) atoms. The van der Waals surface area contributed by atoms with Gasteiger partial charge in [0.15, 0.2) is 0 Å². The average Bonchev–Trinajstić information content (AvgIpc) is 2.67.